The lowest BCUT2D eigenvalue weighted by Crippen LogP contribution is -2.44. The summed E-state index contributed by atoms with van der Waals surface area (Å²) < 4.78 is 6.52. The highest BCUT2D eigenvalue weighted by Gasteiger charge is 2.16. The number of ether oxygens (including phenoxy) is 1. The molecule has 0 N–H and O–H groups in total. The predicted octanol–water partition coefficient (Wildman–Crippen LogP) is -0.378. The molecule has 4 nitrogen and oxygen atoms in total. The van der Waals surface area contributed by atoms with Gasteiger partial charge in [0.15, 0.2) is 0 Å². The topological polar surface area (TPSA) is 32.8 Å². The van der Waals surface area contributed by atoms with Crippen molar-refractivity contribution in [1.82, 2.24) is 9.21 Å². The predicted molar refractivity (Wildman–Crippen MR) is 49.0 cm³/mol. The summed E-state index contributed by atoms with van der Waals surface area (Å²) in [5, 5.41) is 0. The Morgan fingerprint density at radius 3 is 2.50 bits per heavy atom. The van der Waals surface area contributed by atoms with Crippen molar-refractivity contribution in [3.8, 4) is 0 Å². The Bertz CT molecular complexity index is 157. The first-order chi connectivity index (χ1) is 5.72. The number of thiol groups is 1. The van der Waals surface area contributed by atoms with E-state index in [9.17, 15) is 4.79 Å². The fraction of sp³-hybridized carbons (Fsp3) is 0.857. The maximum atomic E-state index is 10.9. The van der Waals surface area contributed by atoms with Crippen molar-refractivity contribution in [3.63, 3.8) is 0 Å². The Hall–Kier alpha value is -0.260. The Labute approximate surface area is 78.0 Å². The summed E-state index contributed by atoms with van der Waals surface area (Å²) in [5.74, 6) is -0.164. The third-order valence-electron chi connectivity index (χ3n) is 1.93. The van der Waals surface area contributed by atoms with Crippen LogP contribution in [0.25, 0.3) is 0 Å². The minimum Gasteiger partial charge on any atom is -0.468 e. The first kappa shape index (κ1) is 9.83. The summed E-state index contributed by atoms with van der Waals surface area (Å²) in [7, 11) is 1.41. The van der Waals surface area contributed by atoms with Gasteiger partial charge < -0.3 is 4.74 Å². The second kappa shape index (κ2) is 4.69. The molecule has 0 bridgehead atoms. The molecule has 0 aromatic carbocycles. The van der Waals surface area contributed by atoms with E-state index in [2.05, 4.69) is 22.5 Å². The quantitative estimate of drug-likeness (QED) is 0.475. The highest BCUT2D eigenvalue weighted by atomic mass is 32.1. The molecule has 0 saturated carbocycles. The summed E-state index contributed by atoms with van der Waals surface area (Å²) in [6.07, 6.45) is 0. The molecule has 1 aliphatic heterocycles. The molecule has 5 heteroatoms. The van der Waals surface area contributed by atoms with Crippen LogP contribution in [-0.2, 0) is 9.53 Å². The van der Waals surface area contributed by atoms with Crippen LogP contribution in [0.15, 0.2) is 0 Å². The van der Waals surface area contributed by atoms with Gasteiger partial charge in [0.2, 0.25) is 0 Å². The Kier molecular flexibility index (Phi) is 3.84. The number of carbonyl (C=O) groups excluding carboxylic acids is 1. The molecule has 0 aromatic heterocycles. The average molecular weight is 190 g/mol. The van der Waals surface area contributed by atoms with Crippen molar-refractivity contribution in [1.29, 1.82) is 0 Å². The molecule has 12 heavy (non-hydrogen) atoms. The molecule has 1 heterocycles. The smallest absolute Gasteiger partial charge is 0.319 e. The standard InChI is InChI=1S/C7H14N2O2S/c1-11-7(10)6-8-2-4-9(12)5-3-8/h12H,2-6H2,1H3. The lowest BCUT2D eigenvalue weighted by atomic mass is 10.3. The molecule has 1 rings (SSSR count). The molecule has 0 atom stereocenters. The maximum absolute atomic E-state index is 10.9. The number of hydrogen-bond donors (Lipinski definition) is 1. The van der Waals surface area contributed by atoms with E-state index in [1.165, 1.54) is 7.11 Å². The summed E-state index contributed by atoms with van der Waals surface area (Å²) in [6.45, 7) is 3.98. The number of nitrogens with zero attached hydrogens (tertiary/aromatic N) is 2. The largest absolute Gasteiger partial charge is 0.468 e. The van der Waals surface area contributed by atoms with Gasteiger partial charge in [0, 0.05) is 26.2 Å². The summed E-state index contributed by atoms with van der Waals surface area (Å²) >= 11 is 4.21. The molecule has 0 aliphatic carbocycles. The molecule has 1 aliphatic rings. The molecule has 1 saturated heterocycles. The molecule has 70 valence electrons. The van der Waals surface area contributed by atoms with Gasteiger partial charge in [0.1, 0.15) is 0 Å². The molecular formula is C7H14N2O2S. The molecule has 0 unspecified atom stereocenters. The minimum atomic E-state index is -0.164. The zero-order chi connectivity index (χ0) is 8.97. The molecule has 0 aromatic rings. The van der Waals surface area contributed by atoms with E-state index < -0.39 is 0 Å². The third-order valence-corrected chi connectivity index (χ3v) is 2.33. The number of esters is 1. The van der Waals surface area contributed by atoms with Crippen LogP contribution >= 0.6 is 12.8 Å². The lowest BCUT2D eigenvalue weighted by Gasteiger charge is -2.30. The second-order valence-corrected chi connectivity index (χ2v) is 3.37. The SMILES string of the molecule is COC(=O)CN1CCN(S)CC1. The zero-order valence-corrected chi connectivity index (χ0v) is 8.09. The van der Waals surface area contributed by atoms with Gasteiger partial charge in [-0.05, 0) is 0 Å². The van der Waals surface area contributed by atoms with Gasteiger partial charge in [-0.1, -0.05) is 12.8 Å². The van der Waals surface area contributed by atoms with Crippen molar-refractivity contribution in [2.24, 2.45) is 0 Å². The van der Waals surface area contributed by atoms with Crippen molar-refractivity contribution >= 4 is 18.8 Å². The third kappa shape index (κ3) is 3.00. The van der Waals surface area contributed by atoms with E-state index in [0.29, 0.717) is 6.54 Å². The van der Waals surface area contributed by atoms with Gasteiger partial charge in [0.25, 0.3) is 0 Å². The van der Waals surface area contributed by atoms with Crippen LogP contribution in [0.4, 0.5) is 0 Å². The van der Waals surface area contributed by atoms with Gasteiger partial charge in [-0.2, -0.15) is 0 Å². The van der Waals surface area contributed by atoms with Crippen molar-refractivity contribution in [3.05, 3.63) is 0 Å². The van der Waals surface area contributed by atoms with E-state index >= 15 is 0 Å². The number of piperazine rings is 1. The average Bonchev–Trinajstić information content (AvgIpc) is 2.09. The Morgan fingerprint density at radius 2 is 2.00 bits per heavy atom. The van der Waals surface area contributed by atoms with E-state index in [1.807, 2.05) is 4.31 Å². The van der Waals surface area contributed by atoms with Gasteiger partial charge in [-0.25, -0.2) is 0 Å². The van der Waals surface area contributed by atoms with Crippen LogP contribution in [0.2, 0.25) is 0 Å². The van der Waals surface area contributed by atoms with Crippen LogP contribution in [0.1, 0.15) is 0 Å². The van der Waals surface area contributed by atoms with Crippen LogP contribution in [-0.4, -0.2) is 55.0 Å². The summed E-state index contributed by atoms with van der Waals surface area (Å²) in [6, 6.07) is 0. The van der Waals surface area contributed by atoms with Gasteiger partial charge in [-0.15, -0.1) is 0 Å². The van der Waals surface area contributed by atoms with Crippen molar-refractivity contribution < 1.29 is 9.53 Å². The Morgan fingerprint density at radius 1 is 1.42 bits per heavy atom. The zero-order valence-electron chi connectivity index (χ0n) is 7.19. The number of carbonyl (C=O) groups is 1. The maximum Gasteiger partial charge on any atom is 0.319 e. The van der Waals surface area contributed by atoms with E-state index in [-0.39, 0.29) is 5.97 Å². The molecule has 0 spiro atoms. The summed E-state index contributed by atoms with van der Waals surface area (Å²) in [5.41, 5.74) is 0. The van der Waals surface area contributed by atoms with E-state index in [4.69, 9.17) is 0 Å². The molecule has 1 fully saturated rings. The lowest BCUT2D eigenvalue weighted by molar-refractivity contribution is -0.142. The van der Waals surface area contributed by atoms with Crippen LogP contribution in [0, 0.1) is 0 Å². The molecular weight excluding hydrogens is 176 g/mol. The Balaban J connectivity index is 2.21. The molecule has 0 amide bonds. The van der Waals surface area contributed by atoms with Crippen LogP contribution in [0.5, 0.6) is 0 Å². The van der Waals surface area contributed by atoms with E-state index in [0.717, 1.165) is 26.2 Å². The van der Waals surface area contributed by atoms with Gasteiger partial charge in [-0.3, -0.25) is 14.0 Å². The monoisotopic (exact) mass is 190 g/mol. The first-order valence-electron chi connectivity index (χ1n) is 3.95. The van der Waals surface area contributed by atoms with Gasteiger partial charge in [0.05, 0.1) is 13.7 Å². The highest BCUT2D eigenvalue weighted by Crippen LogP contribution is 2.02. The van der Waals surface area contributed by atoms with E-state index in [1.54, 1.807) is 0 Å². The van der Waals surface area contributed by atoms with Gasteiger partial charge >= 0.3 is 5.97 Å². The first-order valence-corrected chi connectivity index (χ1v) is 4.35. The number of hydrogen-bond acceptors (Lipinski definition) is 5. The van der Waals surface area contributed by atoms with Crippen LogP contribution < -0.4 is 0 Å². The fourth-order valence-electron chi connectivity index (χ4n) is 1.14. The minimum absolute atomic E-state index is 0.164. The highest BCUT2D eigenvalue weighted by molar-refractivity contribution is 7.77. The fourth-order valence-corrected chi connectivity index (χ4v) is 1.32. The molecule has 0 radical (unpaired) electrons. The second-order valence-electron chi connectivity index (χ2n) is 2.81. The van der Waals surface area contributed by atoms with Crippen molar-refractivity contribution in [2.75, 3.05) is 39.8 Å². The van der Waals surface area contributed by atoms with Crippen molar-refractivity contribution in [2.45, 2.75) is 0 Å². The normalized spacial score (nSPS) is 20.8. The number of methoxy groups -OCH3 is 1. The van der Waals surface area contributed by atoms with Crippen LogP contribution in [0.3, 0.4) is 0 Å². The summed E-state index contributed by atoms with van der Waals surface area (Å²) in [4.78, 5) is 12.9. The number of rotatable bonds is 2.